The van der Waals surface area contributed by atoms with Crippen molar-refractivity contribution in [3.05, 3.63) is 0 Å². The molecule has 0 aromatic rings. The smallest absolute Gasteiger partial charge is 0.349 e. The van der Waals surface area contributed by atoms with E-state index in [9.17, 15) is 4.79 Å². The number of hydroxylamine groups is 2. The summed E-state index contributed by atoms with van der Waals surface area (Å²) in [7, 11) is 0. The SMILES string of the molecule is O=C(ON1CCCC1)N(S)N1CCCC1. The van der Waals surface area contributed by atoms with Crippen LogP contribution >= 0.6 is 12.8 Å². The van der Waals surface area contributed by atoms with Gasteiger partial charge in [0.15, 0.2) is 0 Å². The van der Waals surface area contributed by atoms with Crippen molar-refractivity contribution in [1.82, 2.24) is 14.5 Å². The van der Waals surface area contributed by atoms with Crippen LogP contribution in [0.25, 0.3) is 0 Å². The van der Waals surface area contributed by atoms with Crippen LogP contribution in [-0.2, 0) is 4.84 Å². The van der Waals surface area contributed by atoms with E-state index in [0.29, 0.717) is 0 Å². The predicted octanol–water partition coefficient (Wildman–Crippen LogP) is 1.29. The standard InChI is InChI=1S/C9H17N3O2S/c13-9(14-11-7-3-4-8-11)12(15)10-5-1-2-6-10/h15H,1-8H2. The predicted molar refractivity (Wildman–Crippen MR) is 58.9 cm³/mol. The molecule has 0 bridgehead atoms. The van der Waals surface area contributed by atoms with Gasteiger partial charge in [-0.1, -0.05) is 0 Å². The van der Waals surface area contributed by atoms with Crippen LogP contribution in [0.3, 0.4) is 0 Å². The Hall–Kier alpha value is -0.460. The van der Waals surface area contributed by atoms with Crippen molar-refractivity contribution in [3.63, 3.8) is 0 Å². The lowest BCUT2D eigenvalue weighted by Crippen LogP contribution is -2.41. The molecule has 1 amide bonds. The van der Waals surface area contributed by atoms with Crippen LogP contribution in [0.4, 0.5) is 4.79 Å². The van der Waals surface area contributed by atoms with E-state index in [1.54, 1.807) is 5.06 Å². The van der Waals surface area contributed by atoms with Crippen LogP contribution in [0.1, 0.15) is 25.7 Å². The summed E-state index contributed by atoms with van der Waals surface area (Å²) in [6, 6.07) is 0. The molecule has 0 aromatic heterocycles. The minimum atomic E-state index is -0.387. The molecule has 2 aliphatic rings. The molecule has 0 spiro atoms. The van der Waals surface area contributed by atoms with E-state index in [4.69, 9.17) is 4.84 Å². The zero-order chi connectivity index (χ0) is 10.7. The summed E-state index contributed by atoms with van der Waals surface area (Å²) in [5.74, 6) is 0. The number of thiol groups is 1. The highest BCUT2D eigenvalue weighted by atomic mass is 32.1. The van der Waals surface area contributed by atoms with Gasteiger partial charge in [-0.15, -0.1) is 5.06 Å². The number of nitrogens with zero attached hydrogens (tertiary/aromatic N) is 3. The Balaban J connectivity index is 1.78. The van der Waals surface area contributed by atoms with Crippen LogP contribution in [-0.4, -0.2) is 46.8 Å². The number of hydrogen-bond acceptors (Lipinski definition) is 5. The Morgan fingerprint density at radius 3 is 2.20 bits per heavy atom. The summed E-state index contributed by atoms with van der Waals surface area (Å²) in [6.07, 6.45) is 4.05. The summed E-state index contributed by atoms with van der Waals surface area (Å²) >= 11 is 4.15. The van der Waals surface area contributed by atoms with E-state index < -0.39 is 0 Å². The fraction of sp³-hybridized carbons (Fsp3) is 0.889. The van der Waals surface area contributed by atoms with Gasteiger partial charge in [-0.25, -0.2) is 9.80 Å². The van der Waals surface area contributed by atoms with Gasteiger partial charge in [-0.05, 0) is 38.5 Å². The van der Waals surface area contributed by atoms with Crippen LogP contribution in [0.15, 0.2) is 0 Å². The molecular weight excluding hydrogens is 214 g/mol. The Labute approximate surface area is 95.4 Å². The van der Waals surface area contributed by atoms with Gasteiger partial charge in [0.1, 0.15) is 0 Å². The maximum absolute atomic E-state index is 11.6. The Bertz CT molecular complexity index is 227. The van der Waals surface area contributed by atoms with Gasteiger partial charge in [0.25, 0.3) is 0 Å². The maximum atomic E-state index is 11.6. The third kappa shape index (κ3) is 2.76. The third-order valence-electron chi connectivity index (χ3n) is 2.79. The van der Waals surface area contributed by atoms with Gasteiger partial charge < -0.3 is 4.84 Å². The van der Waals surface area contributed by atoms with E-state index in [-0.39, 0.29) is 6.09 Å². The van der Waals surface area contributed by atoms with Crippen molar-refractivity contribution in [2.24, 2.45) is 0 Å². The summed E-state index contributed by atoms with van der Waals surface area (Å²) in [5, 5.41) is 3.61. The van der Waals surface area contributed by atoms with Crippen molar-refractivity contribution in [3.8, 4) is 0 Å². The number of carbonyl (C=O) groups is 1. The molecule has 0 N–H and O–H groups in total. The van der Waals surface area contributed by atoms with Gasteiger partial charge >= 0.3 is 6.09 Å². The van der Waals surface area contributed by atoms with E-state index in [1.165, 1.54) is 4.41 Å². The highest BCUT2D eigenvalue weighted by Gasteiger charge is 2.25. The Morgan fingerprint density at radius 2 is 1.60 bits per heavy atom. The fourth-order valence-corrected chi connectivity index (χ4v) is 2.15. The second kappa shape index (κ2) is 5.05. The molecule has 0 aliphatic carbocycles. The van der Waals surface area contributed by atoms with Gasteiger partial charge in [-0.3, -0.25) is 0 Å². The van der Waals surface area contributed by atoms with Crippen molar-refractivity contribution >= 4 is 18.9 Å². The molecule has 0 aromatic carbocycles. The van der Waals surface area contributed by atoms with Gasteiger partial charge in [-0.2, -0.15) is 4.41 Å². The first-order valence-electron chi connectivity index (χ1n) is 5.48. The average molecular weight is 231 g/mol. The zero-order valence-corrected chi connectivity index (χ0v) is 9.66. The molecule has 86 valence electrons. The molecule has 2 rings (SSSR count). The van der Waals surface area contributed by atoms with E-state index in [1.807, 2.05) is 5.01 Å². The molecule has 2 heterocycles. The summed E-state index contributed by atoms with van der Waals surface area (Å²) < 4.78 is 1.30. The Kier molecular flexibility index (Phi) is 3.71. The molecule has 2 aliphatic heterocycles. The Morgan fingerprint density at radius 1 is 1.07 bits per heavy atom. The monoisotopic (exact) mass is 231 g/mol. The van der Waals surface area contributed by atoms with E-state index in [2.05, 4.69) is 12.8 Å². The minimum Gasteiger partial charge on any atom is -0.349 e. The van der Waals surface area contributed by atoms with Crippen molar-refractivity contribution in [2.45, 2.75) is 25.7 Å². The highest BCUT2D eigenvalue weighted by molar-refractivity contribution is 7.78. The van der Waals surface area contributed by atoms with Crippen LogP contribution in [0.5, 0.6) is 0 Å². The lowest BCUT2D eigenvalue weighted by molar-refractivity contribution is -0.101. The average Bonchev–Trinajstić information content (AvgIpc) is 2.88. The third-order valence-corrected chi connectivity index (χ3v) is 3.20. The molecular formula is C9H17N3O2S. The molecule has 2 fully saturated rings. The van der Waals surface area contributed by atoms with E-state index in [0.717, 1.165) is 51.9 Å². The zero-order valence-electron chi connectivity index (χ0n) is 8.76. The summed E-state index contributed by atoms with van der Waals surface area (Å²) in [5.41, 5.74) is 0. The number of hydrogen-bond donors (Lipinski definition) is 1. The normalized spacial score (nSPS) is 23.3. The minimum absolute atomic E-state index is 0.387. The lowest BCUT2D eigenvalue weighted by atomic mass is 10.4. The molecule has 0 saturated carbocycles. The molecule has 0 unspecified atom stereocenters. The topological polar surface area (TPSA) is 36.0 Å². The summed E-state index contributed by atoms with van der Waals surface area (Å²) in [6.45, 7) is 3.46. The molecule has 15 heavy (non-hydrogen) atoms. The molecule has 6 heteroatoms. The second-order valence-corrected chi connectivity index (χ2v) is 4.32. The quantitative estimate of drug-likeness (QED) is 0.727. The van der Waals surface area contributed by atoms with Gasteiger partial charge in [0.2, 0.25) is 0 Å². The van der Waals surface area contributed by atoms with Crippen LogP contribution < -0.4 is 0 Å². The first kappa shape index (κ1) is 11.0. The lowest BCUT2D eigenvalue weighted by Gasteiger charge is -2.26. The largest absolute Gasteiger partial charge is 0.453 e. The first-order chi connectivity index (χ1) is 7.27. The second-order valence-electron chi connectivity index (χ2n) is 3.94. The number of amides is 1. The fourth-order valence-electron chi connectivity index (χ4n) is 1.93. The van der Waals surface area contributed by atoms with Crippen LogP contribution in [0.2, 0.25) is 0 Å². The highest BCUT2D eigenvalue weighted by Crippen LogP contribution is 2.16. The molecule has 5 nitrogen and oxygen atoms in total. The van der Waals surface area contributed by atoms with Gasteiger partial charge in [0, 0.05) is 26.2 Å². The summed E-state index contributed by atoms with van der Waals surface area (Å²) in [4.78, 5) is 16.8. The van der Waals surface area contributed by atoms with Crippen molar-refractivity contribution < 1.29 is 9.63 Å². The molecule has 0 atom stereocenters. The van der Waals surface area contributed by atoms with Gasteiger partial charge in [0.05, 0.1) is 0 Å². The first-order valence-corrected chi connectivity index (χ1v) is 5.88. The molecule has 0 radical (unpaired) electrons. The maximum Gasteiger partial charge on any atom is 0.453 e. The number of rotatable bonds is 2. The molecule has 2 saturated heterocycles. The number of hydrazine groups is 1. The van der Waals surface area contributed by atoms with Crippen molar-refractivity contribution in [1.29, 1.82) is 0 Å². The van der Waals surface area contributed by atoms with E-state index >= 15 is 0 Å². The van der Waals surface area contributed by atoms with Crippen molar-refractivity contribution in [2.75, 3.05) is 26.2 Å². The number of carbonyl (C=O) groups excluding carboxylic acids is 1. The van der Waals surface area contributed by atoms with Crippen LogP contribution in [0, 0.1) is 0 Å².